The van der Waals surface area contributed by atoms with E-state index in [9.17, 15) is 0 Å². The first kappa shape index (κ1) is 14.4. The SMILES string of the molecule is CCN(CC1CCCO1)c1ccc(CCN)cc1C. The summed E-state index contributed by atoms with van der Waals surface area (Å²) < 4.78 is 5.75. The van der Waals surface area contributed by atoms with Crippen molar-refractivity contribution in [2.45, 2.75) is 39.2 Å². The lowest BCUT2D eigenvalue weighted by molar-refractivity contribution is 0.115. The molecule has 2 rings (SSSR count). The second kappa shape index (κ2) is 6.92. The van der Waals surface area contributed by atoms with E-state index in [-0.39, 0.29) is 0 Å². The molecule has 0 spiro atoms. The Morgan fingerprint density at radius 1 is 1.42 bits per heavy atom. The summed E-state index contributed by atoms with van der Waals surface area (Å²) in [5.74, 6) is 0. The Balaban J connectivity index is 2.08. The number of hydrogen-bond acceptors (Lipinski definition) is 3. The fraction of sp³-hybridized carbons (Fsp3) is 0.625. The molecule has 1 aliphatic heterocycles. The van der Waals surface area contributed by atoms with Crippen molar-refractivity contribution < 1.29 is 4.74 Å². The molecule has 1 saturated heterocycles. The van der Waals surface area contributed by atoms with Gasteiger partial charge in [0.25, 0.3) is 0 Å². The lowest BCUT2D eigenvalue weighted by Gasteiger charge is -2.28. The second-order valence-electron chi connectivity index (χ2n) is 5.33. The molecule has 1 atom stereocenters. The smallest absolute Gasteiger partial charge is 0.0750 e. The van der Waals surface area contributed by atoms with Crippen LogP contribution in [0.4, 0.5) is 5.69 Å². The van der Waals surface area contributed by atoms with E-state index >= 15 is 0 Å². The van der Waals surface area contributed by atoms with Crippen LogP contribution in [0.15, 0.2) is 18.2 Å². The van der Waals surface area contributed by atoms with Crippen molar-refractivity contribution in [1.29, 1.82) is 0 Å². The molecule has 0 saturated carbocycles. The number of rotatable bonds is 6. The molecule has 1 aliphatic rings. The highest BCUT2D eigenvalue weighted by atomic mass is 16.5. The van der Waals surface area contributed by atoms with Gasteiger partial charge in [-0.05, 0) is 56.8 Å². The Bertz CT molecular complexity index is 400. The third-order valence-electron chi connectivity index (χ3n) is 3.86. The Labute approximate surface area is 116 Å². The first-order chi connectivity index (χ1) is 9.24. The monoisotopic (exact) mass is 262 g/mol. The average Bonchev–Trinajstić information content (AvgIpc) is 2.90. The first-order valence-corrected chi connectivity index (χ1v) is 7.40. The number of ether oxygens (including phenoxy) is 1. The fourth-order valence-electron chi connectivity index (χ4n) is 2.83. The maximum absolute atomic E-state index is 5.75. The zero-order chi connectivity index (χ0) is 13.7. The van der Waals surface area contributed by atoms with Gasteiger partial charge in [-0.15, -0.1) is 0 Å². The molecule has 0 amide bonds. The van der Waals surface area contributed by atoms with Crippen molar-refractivity contribution >= 4 is 5.69 Å². The third-order valence-corrected chi connectivity index (χ3v) is 3.86. The minimum absolute atomic E-state index is 0.406. The van der Waals surface area contributed by atoms with Crippen molar-refractivity contribution in [2.24, 2.45) is 5.73 Å². The Kier molecular flexibility index (Phi) is 5.23. The molecule has 1 fully saturated rings. The summed E-state index contributed by atoms with van der Waals surface area (Å²) in [4.78, 5) is 2.43. The van der Waals surface area contributed by atoms with Gasteiger partial charge >= 0.3 is 0 Å². The quantitative estimate of drug-likeness (QED) is 0.856. The minimum Gasteiger partial charge on any atom is -0.376 e. The van der Waals surface area contributed by atoms with Crippen molar-refractivity contribution in [1.82, 2.24) is 0 Å². The molecular formula is C16H26N2O. The number of nitrogens with two attached hydrogens (primary N) is 1. The average molecular weight is 262 g/mol. The summed E-state index contributed by atoms with van der Waals surface area (Å²) in [5, 5.41) is 0. The summed E-state index contributed by atoms with van der Waals surface area (Å²) in [6.45, 7) is 8.07. The molecule has 19 heavy (non-hydrogen) atoms. The van der Waals surface area contributed by atoms with Crippen molar-refractivity contribution in [2.75, 3.05) is 31.1 Å². The molecule has 106 valence electrons. The van der Waals surface area contributed by atoms with Crippen molar-refractivity contribution in [3.05, 3.63) is 29.3 Å². The van der Waals surface area contributed by atoms with Gasteiger partial charge in [-0.2, -0.15) is 0 Å². The highest BCUT2D eigenvalue weighted by molar-refractivity contribution is 5.54. The van der Waals surface area contributed by atoms with Crippen LogP contribution in [0.5, 0.6) is 0 Å². The van der Waals surface area contributed by atoms with E-state index in [1.165, 1.54) is 29.7 Å². The molecule has 3 nitrogen and oxygen atoms in total. The normalized spacial score (nSPS) is 18.8. The lowest BCUT2D eigenvalue weighted by atomic mass is 10.1. The Morgan fingerprint density at radius 2 is 2.26 bits per heavy atom. The second-order valence-corrected chi connectivity index (χ2v) is 5.33. The number of aryl methyl sites for hydroxylation is 1. The van der Waals surface area contributed by atoms with Crippen LogP contribution in [-0.4, -0.2) is 32.3 Å². The zero-order valence-electron chi connectivity index (χ0n) is 12.2. The number of anilines is 1. The van der Waals surface area contributed by atoms with E-state index < -0.39 is 0 Å². The molecule has 1 aromatic rings. The van der Waals surface area contributed by atoms with Gasteiger partial charge in [-0.3, -0.25) is 0 Å². The first-order valence-electron chi connectivity index (χ1n) is 7.40. The number of nitrogens with zero attached hydrogens (tertiary/aromatic N) is 1. The summed E-state index contributed by atoms with van der Waals surface area (Å²) in [6, 6.07) is 6.70. The largest absolute Gasteiger partial charge is 0.376 e. The van der Waals surface area contributed by atoms with Gasteiger partial charge in [0.2, 0.25) is 0 Å². The van der Waals surface area contributed by atoms with E-state index in [0.29, 0.717) is 12.6 Å². The van der Waals surface area contributed by atoms with E-state index in [4.69, 9.17) is 10.5 Å². The predicted octanol–water partition coefficient (Wildman–Crippen LogP) is 2.50. The van der Waals surface area contributed by atoms with Crippen LogP contribution < -0.4 is 10.6 Å². The maximum Gasteiger partial charge on any atom is 0.0750 e. The molecule has 0 bridgehead atoms. The molecular weight excluding hydrogens is 236 g/mol. The molecule has 1 aromatic carbocycles. The predicted molar refractivity (Wildman–Crippen MR) is 80.8 cm³/mol. The summed E-state index contributed by atoms with van der Waals surface area (Å²) in [5.41, 5.74) is 9.62. The van der Waals surface area contributed by atoms with E-state index in [1.807, 2.05) is 0 Å². The van der Waals surface area contributed by atoms with E-state index in [2.05, 4.69) is 36.9 Å². The van der Waals surface area contributed by atoms with Crippen LogP contribution in [0.2, 0.25) is 0 Å². The standard InChI is InChI=1S/C16H26N2O/c1-3-18(12-15-5-4-10-19-15)16-7-6-14(8-9-17)11-13(16)2/h6-7,11,15H,3-5,8-10,12,17H2,1-2H3. The van der Waals surface area contributed by atoms with Crippen molar-refractivity contribution in [3.8, 4) is 0 Å². The molecule has 3 heteroatoms. The van der Waals surface area contributed by atoms with Crippen LogP contribution in [0.25, 0.3) is 0 Å². The number of benzene rings is 1. The molecule has 0 radical (unpaired) electrons. The highest BCUT2D eigenvalue weighted by Gasteiger charge is 2.19. The van der Waals surface area contributed by atoms with Gasteiger partial charge in [0.1, 0.15) is 0 Å². The molecule has 0 aliphatic carbocycles. The molecule has 2 N–H and O–H groups in total. The highest BCUT2D eigenvalue weighted by Crippen LogP contribution is 2.23. The number of hydrogen-bond donors (Lipinski definition) is 1. The van der Waals surface area contributed by atoms with Crippen LogP contribution in [0, 0.1) is 6.92 Å². The summed E-state index contributed by atoms with van der Waals surface area (Å²) >= 11 is 0. The van der Waals surface area contributed by atoms with Gasteiger partial charge < -0.3 is 15.4 Å². The Hall–Kier alpha value is -1.06. The fourth-order valence-corrected chi connectivity index (χ4v) is 2.83. The van der Waals surface area contributed by atoms with Gasteiger partial charge in [-0.1, -0.05) is 12.1 Å². The van der Waals surface area contributed by atoms with Gasteiger partial charge in [-0.25, -0.2) is 0 Å². The van der Waals surface area contributed by atoms with Crippen LogP contribution in [-0.2, 0) is 11.2 Å². The molecule has 1 unspecified atom stereocenters. The van der Waals surface area contributed by atoms with Crippen molar-refractivity contribution in [3.63, 3.8) is 0 Å². The van der Waals surface area contributed by atoms with Crippen LogP contribution in [0.3, 0.4) is 0 Å². The summed E-state index contributed by atoms with van der Waals surface area (Å²) in [7, 11) is 0. The Morgan fingerprint density at radius 3 is 2.84 bits per heavy atom. The maximum atomic E-state index is 5.75. The van der Waals surface area contributed by atoms with Crippen LogP contribution in [0.1, 0.15) is 30.9 Å². The van der Waals surface area contributed by atoms with Gasteiger partial charge in [0.15, 0.2) is 0 Å². The minimum atomic E-state index is 0.406. The number of likely N-dealkylation sites (N-methyl/N-ethyl adjacent to an activating group) is 1. The van der Waals surface area contributed by atoms with Gasteiger partial charge in [0.05, 0.1) is 6.10 Å². The summed E-state index contributed by atoms with van der Waals surface area (Å²) in [6.07, 6.45) is 3.76. The van der Waals surface area contributed by atoms with E-state index in [1.54, 1.807) is 0 Å². The zero-order valence-corrected chi connectivity index (χ0v) is 12.2. The molecule has 1 heterocycles. The van der Waals surface area contributed by atoms with E-state index in [0.717, 1.165) is 26.1 Å². The third kappa shape index (κ3) is 3.71. The van der Waals surface area contributed by atoms with Gasteiger partial charge in [0, 0.05) is 25.4 Å². The molecule has 0 aromatic heterocycles. The lowest BCUT2D eigenvalue weighted by Crippen LogP contribution is -2.32. The topological polar surface area (TPSA) is 38.5 Å². The van der Waals surface area contributed by atoms with Crippen LogP contribution >= 0.6 is 0 Å².